The molecule has 208 valence electrons. The second kappa shape index (κ2) is 9.90. The van der Waals surface area contributed by atoms with Crippen LogP contribution in [-0.2, 0) is 6.37 Å². The molecule has 0 aliphatic rings. The van der Waals surface area contributed by atoms with Crippen LogP contribution in [-0.4, -0.2) is 9.55 Å². The summed E-state index contributed by atoms with van der Waals surface area (Å²) in [5.41, 5.74) is 6.01. The zero-order chi connectivity index (χ0) is 33.5. The smallest absolute Gasteiger partial charge is 0.114 e. The van der Waals surface area contributed by atoms with Gasteiger partial charge in [-0.1, -0.05) is 116 Å². The van der Waals surface area contributed by atoms with Crippen LogP contribution in [0.1, 0.15) is 19.5 Å². The van der Waals surface area contributed by atoms with E-state index in [2.05, 4.69) is 96.0 Å². The van der Waals surface area contributed by atoms with Gasteiger partial charge in [0.15, 0.2) is 0 Å². The summed E-state index contributed by atoms with van der Waals surface area (Å²) in [5.74, 6) is -0.151. The predicted octanol–water partition coefficient (Wildman–Crippen LogP) is 11.6. The largest absolute Gasteiger partial charge is 0.296 e. The van der Waals surface area contributed by atoms with E-state index in [1.54, 1.807) is 10.6 Å². The van der Waals surface area contributed by atoms with Crippen molar-refractivity contribution in [2.45, 2.75) is 13.2 Å². The first-order chi connectivity index (χ1) is 23.7. The summed E-state index contributed by atoms with van der Waals surface area (Å²) in [7, 11) is 0. The van der Waals surface area contributed by atoms with Crippen molar-refractivity contribution in [2.24, 2.45) is 0 Å². The summed E-state index contributed by atoms with van der Waals surface area (Å²) in [4.78, 5) is 4.62. The molecule has 0 atom stereocenters. The molecule has 2 nitrogen and oxygen atoms in total. The van der Waals surface area contributed by atoms with Crippen LogP contribution in [0.3, 0.4) is 0 Å². The molecule has 0 saturated heterocycles. The molecule has 0 bridgehead atoms. The maximum Gasteiger partial charge on any atom is 0.114 e. The number of aromatic nitrogens is 2. The number of aryl methyl sites for hydroxylation is 1. The molecule has 2 heterocycles. The van der Waals surface area contributed by atoms with Crippen molar-refractivity contribution in [2.75, 3.05) is 0 Å². The van der Waals surface area contributed by atoms with Crippen molar-refractivity contribution in [1.82, 2.24) is 9.55 Å². The van der Waals surface area contributed by atoms with Gasteiger partial charge in [-0.2, -0.15) is 0 Å². The number of thiophene rings is 1. The van der Waals surface area contributed by atoms with Gasteiger partial charge in [-0.3, -0.25) is 4.57 Å². The fourth-order valence-electron chi connectivity index (χ4n) is 6.93. The van der Waals surface area contributed by atoms with Crippen molar-refractivity contribution in [1.29, 1.82) is 0 Å². The number of hydrogen-bond acceptors (Lipinski definition) is 2. The minimum absolute atomic E-state index is 0.151. The molecule has 0 spiro atoms. The Morgan fingerprint density at radius 3 is 1.91 bits per heavy atom. The zero-order valence-corrected chi connectivity index (χ0v) is 24.4. The molecule has 0 N–H and O–H groups in total. The SMILES string of the molecule is [2H]C([2H])([2H])C([2H])([2H])c1nc2ccccc2n1-c1ccccc1-c1c2ccccc2c(-c2cccc3sc4ccccc4c23)c2ccccc12. The molecular weight excluding hydrogens is 553 g/mol. The van der Waals surface area contributed by atoms with Crippen molar-refractivity contribution in [3.63, 3.8) is 0 Å². The maximum absolute atomic E-state index is 8.83. The predicted molar refractivity (Wildman–Crippen MR) is 189 cm³/mol. The van der Waals surface area contributed by atoms with Gasteiger partial charge in [0.25, 0.3) is 0 Å². The van der Waals surface area contributed by atoms with E-state index in [1.807, 2.05) is 53.8 Å². The fraction of sp³-hybridized carbons (Fsp3) is 0.0488. The van der Waals surface area contributed by atoms with Crippen LogP contribution < -0.4 is 0 Å². The summed E-state index contributed by atoms with van der Waals surface area (Å²) in [6, 6.07) is 47.3. The topological polar surface area (TPSA) is 17.8 Å². The molecule has 9 rings (SSSR count). The van der Waals surface area contributed by atoms with E-state index >= 15 is 0 Å². The van der Waals surface area contributed by atoms with Gasteiger partial charge in [-0.25, -0.2) is 4.98 Å². The molecule has 0 amide bonds. The van der Waals surface area contributed by atoms with Crippen molar-refractivity contribution >= 4 is 64.1 Å². The molecule has 0 fully saturated rings. The number of nitrogens with zero attached hydrogens (tertiary/aromatic N) is 2. The molecule has 7 aromatic carbocycles. The number of imidazole rings is 1. The van der Waals surface area contributed by atoms with E-state index in [-0.39, 0.29) is 5.82 Å². The van der Waals surface area contributed by atoms with E-state index in [4.69, 9.17) is 6.85 Å². The first kappa shape index (κ1) is 20.6. The van der Waals surface area contributed by atoms with E-state index in [0.717, 1.165) is 38.2 Å². The number of hydrogen-bond donors (Lipinski definition) is 0. The summed E-state index contributed by atoms with van der Waals surface area (Å²) in [6.45, 7) is -2.94. The lowest BCUT2D eigenvalue weighted by Crippen LogP contribution is -2.03. The quantitative estimate of drug-likeness (QED) is 0.188. The highest BCUT2D eigenvalue weighted by Crippen LogP contribution is 2.48. The third-order valence-electron chi connectivity index (χ3n) is 8.69. The summed E-state index contributed by atoms with van der Waals surface area (Å²) < 4.78 is 46.3. The zero-order valence-electron chi connectivity index (χ0n) is 28.6. The van der Waals surface area contributed by atoms with E-state index in [9.17, 15) is 0 Å². The molecule has 0 radical (unpaired) electrons. The summed E-state index contributed by atoms with van der Waals surface area (Å²) in [6.07, 6.45) is -2.71. The van der Waals surface area contributed by atoms with Gasteiger partial charge in [-0.15, -0.1) is 11.3 Å². The normalized spacial score (nSPS) is 14.1. The Morgan fingerprint density at radius 2 is 1.16 bits per heavy atom. The summed E-state index contributed by atoms with van der Waals surface area (Å²) >= 11 is 1.81. The van der Waals surface area contributed by atoms with Crippen LogP contribution >= 0.6 is 11.3 Å². The van der Waals surface area contributed by atoms with Gasteiger partial charge in [-0.05, 0) is 68.6 Å². The Bertz CT molecular complexity index is 2700. The Hall–Kier alpha value is -5.25. The highest BCUT2D eigenvalue weighted by molar-refractivity contribution is 7.25. The molecule has 3 heteroatoms. The molecule has 0 aliphatic heterocycles. The van der Waals surface area contributed by atoms with Crippen LogP contribution in [0.5, 0.6) is 0 Å². The van der Waals surface area contributed by atoms with E-state index in [1.165, 1.54) is 25.7 Å². The van der Waals surface area contributed by atoms with Crippen molar-refractivity contribution in [3.05, 3.63) is 145 Å². The Morgan fingerprint density at radius 1 is 0.591 bits per heavy atom. The minimum atomic E-state index is -2.94. The molecule has 0 aliphatic carbocycles. The van der Waals surface area contributed by atoms with Gasteiger partial charge in [0.1, 0.15) is 5.82 Å². The third-order valence-corrected chi connectivity index (χ3v) is 9.83. The van der Waals surface area contributed by atoms with Crippen LogP contribution in [0.15, 0.2) is 140 Å². The highest BCUT2D eigenvalue weighted by atomic mass is 32.1. The van der Waals surface area contributed by atoms with Crippen molar-refractivity contribution in [3.8, 4) is 27.9 Å². The summed E-state index contributed by atoms with van der Waals surface area (Å²) in [5, 5.41) is 6.77. The fourth-order valence-corrected chi connectivity index (χ4v) is 8.06. The van der Waals surface area contributed by atoms with Crippen molar-refractivity contribution < 1.29 is 6.85 Å². The highest BCUT2D eigenvalue weighted by Gasteiger charge is 2.22. The lowest BCUT2D eigenvalue weighted by atomic mass is 9.84. The van der Waals surface area contributed by atoms with Gasteiger partial charge >= 0.3 is 0 Å². The second-order valence-electron chi connectivity index (χ2n) is 11.0. The van der Waals surface area contributed by atoms with E-state index < -0.39 is 13.2 Å². The second-order valence-corrected chi connectivity index (χ2v) is 12.1. The Labute approximate surface area is 266 Å². The number of benzene rings is 7. The number of rotatable bonds is 4. The monoisotopic (exact) mass is 585 g/mol. The minimum Gasteiger partial charge on any atom is -0.296 e. The molecule has 2 aromatic heterocycles. The van der Waals surface area contributed by atoms with E-state index in [0.29, 0.717) is 16.7 Å². The first-order valence-corrected chi connectivity index (χ1v) is 15.5. The molecule has 44 heavy (non-hydrogen) atoms. The maximum atomic E-state index is 8.83. The first-order valence-electron chi connectivity index (χ1n) is 17.2. The number of para-hydroxylation sites is 3. The molecule has 0 saturated carbocycles. The van der Waals surface area contributed by atoms with Gasteiger partial charge in [0.2, 0.25) is 0 Å². The molecule has 9 aromatic rings. The third kappa shape index (κ3) is 3.63. The molecular formula is C41H28N2S. The standard InChI is InChI=1S/C41H28N2S/c1-2-38-42-33-21-9-11-23-35(33)43(38)34-22-10-7-18-30(34)39-26-14-3-5-16-28(26)40(29-17-6-4-15-27(29)39)32-20-13-25-37-41(32)31-19-8-12-24-36(31)44-37/h3-25H,2H2,1H3/i1D3,2D2. The Balaban J connectivity index is 1.41. The van der Waals surface area contributed by atoms with Gasteiger partial charge in [0.05, 0.1) is 16.7 Å². The van der Waals surface area contributed by atoms with Crippen LogP contribution in [0, 0.1) is 0 Å². The lowest BCUT2D eigenvalue weighted by molar-refractivity contribution is 0.909. The van der Waals surface area contributed by atoms with Crippen LogP contribution in [0.2, 0.25) is 0 Å². The van der Waals surface area contributed by atoms with Crippen LogP contribution in [0.25, 0.3) is 80.7 Å². The van der Waals surface area contributed by atoms with Gasteiger partial charge < -0.3 is 0 Å². The Kier molecular flexibility index (Phi) is 4.64. The molecule has 0 unspecified atom stereocenters. The number of fused-ring (bicyclic) bond motifs is 6. The van der Waals surface area contributed by atoms with Crippen LogP contribution in [0.4, 0.5) is 0 Å². The average molecular weight is 586 g/mol. The lowest BCUT2D eigenvalue weighted by Gasteiger charge is -2.21. The average Bonchev–Trinajstić information content (AvgIpc) is 3.70. The van der Waals surface area contributed by atoms with Gasteiger partial charge in [0, 0.05) is 39.0 Å².